The highest BCUT2D eigenvalue weighted by molar-refractivity contribution is 6.02. The van der Waals surface area contributed by atoms with Gasteiger partial charge < -0.3 is 14.5 Å². The minimum atomic E-state index is -0.0328. The van der Waals surface area contributed by atoms with Crippen molar-refractivity contribution in [3.63, 3.8) is 0 Å². The number of piperidine rings is 1. The van der Waals surface area contributed by atoms with E-state index in [-0.39, 0.29) is 17.7 Å². The summed E-state index contributed by atoms with van der Waals surface area (Å²) in [6.45, 7) is 6.05. The lowest BCUT2D eigenvalue weighted by Crippen LogP contribution is -2.44. The number of rotatable bonds is 5. The number of likely N-dealkylation sites (tertiary alicyclic amines) is 1. The Balaban J connectivity index is 1.80. The molecule has 0 bridgehead atoms. The third-order valence-electron chi connectivity index (χ3n) is 5.51. The maximum Gasteiger partial charge on any atom is 0.256 e. The fraction of sp³-hybridized carbons (Fsp3) is 0.550. The monoisotopic (exact) mass is 356 g/mol. The molecule has 0 unspecified atom stereocenters. The molecule has 0 saturated carbocycles. The van der Waals surface area contributed by atoms with Crippen molar-refractivity contribution in [1.82, 2.24) is 19.4 Å². The van der Waals surface area contributed by atoms with Gasteiger partial charge in [0.1, 0.15) is 5.82 Å². The number of carbonyl (C=O) groups excluding carboxylic acids is 2. The molecule has 1 saturated heterocycles. The topological polar surface area (TPSA) is 71.0 Å². The third kappa shape index (κ3) is 3.45. The molecule has 6 nitrogen and oxygen atoms in total. The Morgan fingerprint density at radius 1 is 1.31 bits per heavy atom. The summed E-state index contributed by atoms with van der Waals surface area (Å²) in [6.07, 6.45) is 8.76. The van der Waals surface area contributed by atoms with Crippen molar-refractivity contribution >= 4 is 11.7 Å². The van der Waals surface area contributed by atoms with Crippen molar-refractivity contribution in [3.05, 3.63) is 40.7 Å². The van der Waals surface area contributed by atoms with Crippen LogP contribution in [0.1, 0.15) is 70.5 Å². The Hall–Kier alpha value is -2.37. The van der Waals surface area contributed by atoms with E-state index in [0.717, 1.165) is 55.7 Å². The Kier molecular flexibility index (Phi) is 5.30. The van der Waals surface area contributed by atoms with Crippen LogP contribution >= 0.6 is 0 Å². The zero-order chi connectivity index (χ0) is 18.8. The number of imidazole rings is 1. The Bertz CT molecular complexity index is 818. The number of nitrogens with one attached hydrogen (secondary N) is 1. The van der Waals surface area contributed by atoms with E-state index in [0.29, 0.717) is 11.3 Å². The van der Waals surface area contributed by atoms with Crippen molar-refractivity contribution in [3.8, 4) is 0 Å². The van der Waals surface area contributed by atoms with Crippen LogP contribution in [-0.4, -0.2) is 43.7 Å². The average molecular weight is 356 g/mol. The molecule has 0 aromatic carbocycles. The first kappa shape index (κ1) is 18.4. The van der Waals surface area contributed by atoms with E-state index in [1.165, 1.54) is 6.92 Å². The maximum absolute atomic E-state index is 13.3. The molecule has 0 radical (unpaired) electrons. The highest BCUT2D eigenvalue weighted by atomic mass is 16.2. The third-order valence-corrected chi connectivity index (χ3v) is 5.51. The molecule has 1 amide bonds. The molecule has 1 aliphatic heterocycles. The van der Waals surface area contributed by atoms with E-state index in [1.54, 1.807) is 0 Å². The molecular weight excluding hydrogens is 328 g/mol. The van der Waals surface area contributed by atoms with Gasteiger partial charge in [-0.2, -0.15) is 0 Å². The van der Waals surface area contributed by atoms with Gasteiger partial charge in [0.25, 0.3) is 5.91 Å². The molecular formula is C20H28N4O2. The normalized spacial score (nSPS) is 17.5. The highest BCUT2D eigenvalue weighted by Crippen LogP contribution is 2.27. The minimum Gasteiger partial charge on any atom is -0.355 e. The van der Waals surface area contributed by atoms with Gasteiger partial charge in [-0.1, -0.05) is 0 Å². The number of carbonyl (C=O) groups is 2. The summed E-state index contributed by atoms with van der Waals surface area (Å²) in [4.78, 5) is 34.6. The lowest BCUT2D eigenvalue weighted by atomic mass is 9.96. The van der Waals surface area contributed by atoms with Crippen molar-refractivity contribution in [2.24, 2.45) is 7.05 Å². The van der Waals surface area contributed by atoms with E-state index in [1.807, 2.05) is 42.8 Å². The number of amides is 1. The highest BCUT2D eigenvalue weighted by Gasteiger charge is 2.31. The summed E-state index contributed by atoms with van der Waals surface area (Å²) >= 11 is 0. The van der Waals surface area contributed by atoms with Gasteiger partial charge in [0.05, 0.1) is 11.3 Å². The smallest absolute Gasteiger partial charge is 0.256 e. The number of hydrogen-bond donors (Lipinski definition) is 1. The molecule has 6 heteroatoms. The number of nitrogens with zero attached hydrogens (tertiary/aromatic N) is 3. The summed E-state index contributed by atoms with van der Waals surface area (Å²) in [5.41, 5.74) is 2.77. The van der Waals surface area contributed by atoms with Crippen molar-refractivity contribution in [2.75, 3.05) is 6.54 Å². The summed E-state index contributed by atoms with van der Waals surface area (Å²) < 4.78 is 2.04. The van der Waals surface area contributed by atoms with E-state index in [2.05, 4.69) is 9.97 Å². The summed E-state index contributed by atoms with van der Waals surface area (Å²) in [7, 11) is 2.00. The predicted octanol–water partition coefficient (Wildman–Crippen LogP) is 3.20. The van der Waals surface area contributed by atoms with Gasteiger partial charge in [-0.3, -0.25) is 9.59 Å². The van der Waals surface area contributed by atoms with Gasteiger partial charge in [0.15, 0.2) is 5.78 Å². The number of aryl methyl sites for hydroxylation is 3. The first-order chi connectivity index (χ1) is 12.4. The van der Waals surface area contributed by atoms with E-state index in [9.17, 15) is 9.59 Å². The van der Waals surface area contributed by atoms with Crippen LogP contribution in [0.4, 0.5) is 0 Å². The van der Waals surface area contributed by atoms with Crippen LogP contribution in [0.25, 0.3) is 0 Å². The number of hydrogen-bond acceptors (Lipinski definition) is 3. The zero-order valence-corrected chi connectivity index (χ0v) is 16.1. The Morgan fingerprint density at radius 2 is 2.08 bits per heavy atom. The van der Waals surface area contributed by atoms with Gasteiger partial charge >= 0.3 is 0 Å². The van der Waals surface area contributed by atoms with Gasteiger partial charge in [-0.15, -0.1) is 0 Å². The molecule has 3 rings (SSSR count). The zero-order valence-electron chi connectivity index (χ0n) is 16.1. The number of aromatic amines is 1. The van der Waals surface area contributed by atoms with Gasteiger partial charge in [0.2, 0.25) is 0 Å². The molecule has 2 aromatic heterocycles. The van der Waals surface area contributed by atoms with Crippen molar-refractivity contribution in [1.29, 1.82) is 0 Å². The first-order valence-electron chi connectivity index (χ1n) is 9.37. The van der Waals surface area contributed by atoms with E-state index < -0.39 is 0 Å². The van der Waals surface area contributed by atoms with Gasteiger partial charge in [-0.05, 0) is 45.1 Å². The lowest BCUT2D eigenvalue weighted by molar-refractivity contribution is 0.0599. The number of aromatic nitrogens is 3. The quantitative estimate of drug-likeness (QED) is 0.836. The summed E-state index contributed by atoms with van der Waals surface area (Å²) in [5, 5.41) is 0. The fourth-order valence-electron chi connectivity index (χ4n) is 4.07. The molecule has 140 valence electrons. The van der Waals surface area contributed by atoms with Crippen LogP contribution in [0.3, 0.4) is 0 Å². The Morgan fingerprint density at radius 3 is 2.69 bits per heavy atom. The van der Waals surface area contributed by atoms with Crippen LogP contribution in [0.2, 0.25) is 0 Å². The molecule has 1 N–H and O–H groups in total. The van der Waals surface area contributed by atoms with Crippen molar-refractivity contribution in [2.45, 2.75) is 58.9 Å². The van der Waals surface area contributed by atoms with Crippen LogP contribution in [0.5, 0.6) is 0 Å². The number of H-pyrrole nitrogens is 1. The van der Waals surface area contributed by atoms with Crippen LogP contribution in [-0.2, 0) is 13.5 Å². The molecule has 1 fully saturated rings. The van der Waals surface area contributed by atoms with Crippen LogP contribution in [0, 0.1) is 13.8 Å². The minimum absolute atomic E-state index is 0.0328. The second-order valence-electron chi connectivity index (χ2n) is 7.32. The van der Waals surface area contributed by atoms with Gasteiger partial charge in [-0.25, -0.2) is 4.98 Å². The fourth-order valence-corrected chi connectivity index (χ4v) is 4.07. The van der Waals surface area contributed by atoms with Gasteiger partial charge in [0, 0.05) is 51.1 Å². The second kappa shape index (κ2) is 7.48. The predicted molar refractivity (Wildman–Crippen MR) is 100 cm³/mol. The van der Waals surface area contributed by atoms with Crippen LogP contribution in [0.15, 0.2) is 12.4 Å². The number of ketones is 1. The summed E-state index contributed by atoms with van der Waals surface area (Å²) in [5.74, 6) is 1.07. The van der Waals surface area contributed by atoms with E-state index >= 15 is 0 Å². The van der Waals surface area contributed by atoms with E-state index in [4.69, 9.17) is 0 Å². The molecule has 2 aromatic rings. The molecule has 0 aliphatic carbocycles. The lowest BCUT2D eigenvalue weighted by Gasteiger charge is -2.36. The number of Topliss-reactive ketones (excluding diaryl/α,β-unsaturated/α-hetero) is 1. The second-order valence-corrected chi connectivity index (χ2v) is 7.32. The molecule has 1 aliphatic rings. The summed E-state index contributed by atoms with van der Waals surface area (Å²) in [6, 6.07) is 0.224. The first-order valence-corrected chi connectivity index (χ1v) is 9.37. The average Bonchev–Trinajstić information content (AvgIpc) is 3.15. The molecule has 3 heterocycles. The van der Waals surface area contributed by atoms with Crippen LogP contribution < -0.4 is 0 Å². The maximum atomic E-state index is 13.3. The largest absolute Gasteiger partial charge is 0.355 e. The molecule has 1 atom stereocenters. The molecule has 26 heavy (non-hydrogen) atoms. The SMILES string of the molecule is CC(=O)c1[nH]c(C)c(C(=O)N2CCCC[C@H]2CCc2nccn2C)c1C. The molecule has 0 spiro atoms. The Labute approximate surface area is 154 Å². The standard InChI is InChI=1S/C20H28N4O2/c1-13-18(14(2)22-19(13)15(3)25)20(26)24-11-6-5-7-16(24)8-9-17-21-10-12-23(17)4/h10,12,16,22H,5-9,11H2,1-4H3/t16-/m0/s1. The van der Waals surface area contributed by atoms with Crippen molar-refractivity contribution < 1.29 is 9.59 Å².